The van der Waals surface area contributed by atoms with Crippen molar-refractivity contribution in [2.45, 2.75) is 33.1 Å². The smallest absolute Gasteiger partial charge is 0.230 e. The maximum Gasteiger partial charge on any atom is 0.230 e. The molecule has 0 aliphatic carbocycles. The standard InChI is InChI=1S/C14H18N2O/c1-9-7-5-6-8-10(9)11-12(14(2,3)4)16-17-13(11)15/h5-8H,15H2,1-4H3. The Hall–Kier alpha value is -1.77. The van der Waals surface area contributed by atoms with Crippen LogP contribution in [0.25, 0.3) is 11.1 Å². The average Bonchev–Trinajstić information content (AvgIpc) is 2.60. The summed E-state index contributed by atoms with van der Waals surface area (Å²) >= 11 is 0. The summed E-state index contributed by atoms with van der Waals surface area (Å²) in [6, 6.07) is 8.13. The number of benzene rings is 1. The van der Waals surface area contributed by atoms with Crippen LogP contribution in [0.4, 0.5) is 5.88 Å². The zero-order chi connectivity index (χ0) is 12.6. The highest BCUT2D eigenvalue weighted by Crippen LogP contribution is 2.37. The third kappa shape index (κ3) is 2.05. The lowest BCUT2D eigenvalue weighted by molar-refractivity contribution is 0.405. The van der Waals surface area contributed by atoms with Gasteiger partial charge in [0.25, 0.3) is 0 Å². The van der Waals surface area contributed by atoms with Gasteiger partial charge in [-0.1, -0.05) is 50.2 Å². The van der Waals surface area contributed by atoms with Gasteiger partial charge in [-0.2, -0.15) is 0 Å². The maximum atomic E-state index is 5.91. The van der Waals surface area contributed by atoms with Gasteiger partial charge in [-0.05, 0) is 18.1 Å². The van der Waals surface area contributed by atoms with Crippen molar-refractivity contribution < 1.29 is 4.52 Å². The second kappa shape index (κ2) is 3.91. The molecule has 1 aromatic carbocycles. The molecule has 3 nitrogen and oxygen atoms in total. The lowest BCUT2D eigenvalue weighted by Gasteiger charge is -2.17. The summed E-state index contributed by atoms with van der Waals surface area (Å²) in [4.78, 5) is 0. The Bertz CT molecular complexity index is 535. The van der Waals surface area contributed by atoms with Crippen molar-refractivity contribution in [1.82, 2.24) is 5.16 Å². The Balaban J connectivity index is 2.68. The molecule has 17 heavy (non-hydrogen) atoms. The van der Waals surface area contributed by atoms with Crippen LogP contribution in [0.3, 0.4) is 0 Å². The molecule has 0 spiro atoms. The van der Waals surface area contributed by atoms with E-state index in [2.05, 4.69) is 38.9 Å². The Morgan fingerprint density at radius 3 is 2.41 bits per heavy atom. The maximum absolute atomic E-state index is 5.91. The van der Waals surface area contributed by atoms with Gasteiger partial charge in [-0.3, -0.25) is 0 Å². The van der Waals surface area contributed by atoms with E-state index in [9.17, 15) is 0 Å². The second-order valence-electron chi connectivity index (χ2n) is 5.34. The van der Waals surface area contributed by atoms with Crippen molar-refractivity contribution in [3.05, 3.63) is 35.5 Å². The number of nitrogen functional groups attached to an aromatic ring is 1. The van der Waals surface area contributed by atoms with Gasteiger partial charge in [-0.25, -0.2) is 0 Å². The highest BCUT2D eigenvalue weighted by atomic mass is 16.5. The van der Waals surface area contributed by atoms with E-state index in [0.717, 1.165) is 16.8 Å². The zero-order valence-electron chi connectivity index (χ0n) is 10.7. The summed E-state index contributed by atoms with van der Waals surface area (Å²) in [6.07, 6.45) is 0. The summed E-state index contributed by atoms with van der Waals surface area (Å²) in [5, 5.41) is 4.10. The summed E-state index contributed by atoms with van der Waals surface area (Å²) in [5.74, 6) is 0.393. The van der Waals surface area contributed by atoms with E-state index in [0.29, 0.717) is 5.88 Å². The van der Waals surface area contributed by atoms with Gasteiger partial charge in [0, 0.05) is 5.41 Å². The summed E-state index contributed by atoms with van der Waals surface area (Å²) in [5.41, 5.74) is 9.93. The number of aryl methyl sites for hydroxylation is 1. The first-order valence-corrected chi connectivity index (χ1v) is 5.73. The van der Waals surface area contributed by atoms with Crippen LogP contribution >= 0.6 is 0 Å². The van der Waals surface area contributed by atoms with Gasteiger partial charge >= 0.3 is 0 Å². The van der Waals surface area contributed by atoms with E-state index in [4.69, 9.17) is 10.3 Å². The molecule has 0 saturated heterocycles. The molecule has 2 aromatic rings. The number of hydrogen-bond donors (Lipinski definition) is 1. The van der Waals surface area contributed by atoms with E-state index in [-0.39, 0.29) is 5.41 Å². The SMILES string of the molecule is Cc1ccccc1-c1c(C(C)(C)C)noc1N. The Morgan fingerprint density at radius 2 is 1.82 bits per heavy atom. The quantitative estimate of drug-likeness (QED) is 0.815. The van der Waals surface area contributed by atoms with Crippen LogP contribution in [0, 0.1) is 6.92 Å². The zero-order valence-corrected chi connectivity index (χ0v) is 10.7. The van der Waals surface area contributed by atoms with E-state index in [1.165, 1.54) is 5.56 Å². The molecule has 0 radical (unpaired) electrons. The van der Waals surface area contributed by atoms with Crippen molar-refractivity contribution in [3.8, 4) is 11.1 Å². The molecule has 2 N–H and O–H groups in total. The van der Waals surface area contributed by atoms with Gasteiger partial charge in [0.15, 0.2) is 0 Å². The summed E-state index contributed by atoms with van der Waals surface area (Å²) in [6.45, 7) is 8.37. The van der Waals surface area contributed by atoms with Crippen LogP contribution in [0.1, 0.15) is 32.0 Å². The fourth-order valence-corrected chi connectivity index (χ4v) is 1.93. The molecule has 0 aliphatic rings. The number of anilines is 1. The van der Waals surface area contributed by atoms with Crippen LogP contribution in [-0.2, 0) is 5.41 Å². The first-order valence-electron chi connectivity index (χ1n) is 5.73. The lowest BCUT2D eigenvalue weighted by Crippen LogP contribution is -2.13. The Kier molecular flexibility index (Phi) is 2.69. The van der Waals surface area contributed by atoms with Crippen molar-refractivity contribution in [2.24, 2.45) is 0 Å². The van der Waals surface area contributed by atoms with Crippen LogP contribution < -0.4 is 5.73 Å². The van der Waals surface area contributed by atoms with Gasteiger partial charge in [0.2, 0.25) is 5.88 Å². The molecular formula is C14H18N2O. The predicted molar refractivity (Wildman–Crippen MR) is 69.8 cm³/mol. The molecule has 1 aromatic heterocycles. The van der Waals surface area contributed by atoms with Gasteiger partial charge in [0.1, 0.15) is 0 Å². The van der Waals surface area contributed by atoms with Crippen molar-refractivity contribution in [2.75, 3.05) is 5.73 Å². The molecule has 0 amide bonds. The highest BCUT2D eigenvalue weighted by Gasteiger charge is 2.26. The summed E-state index contributed by atoms with van der Waals surface area (Å²) < 4.78 is 5.16. The minimum absolute atomic E-state index is 0.0846. The number of rotatable bonds is 1. The Labute approximate surface area is 102 Å². The molecule has 0 unspecified atom stereocenters. The van der Waals surface area contributed by atoms with E-state index < -0.39 is 0 Å². The van der Waals surface area contributed by atoms with Crippen LogP contribution in [0.2, 0.25) is 0 Å². The molecule has 0 fully saturated rings. The van der Waals surface area contributed by atoms with Crippen molar-refractivity contribution >= 4 is 5.88 Å². The normalized spacial score (nSPS) is 11.8. The lowest BCUT2D eigenvalue weighted by atomic mass is 9.86. The second-order valence-corrected chi connectivity index (χ2v) is 5.34. The van der Waals surface area contributed by atoms with Crippen LogP contribution in [0.5, 0.6) is 0 Å². The van der Waals surface area contributed by atoms with Crippen molar-refractivity contribution in [3.63, 3.8) is 0 Å². The van der Waals surface area contributed by atoms with E-state index in [1.807, 2.05) is 18.2 Å². The van der Waals surface area contributed by atoms with Gasteiger partial charge in [0.05, 0.1) is 11.3 Å². The number of aromatic nitrogens is 1. The topological polar surface area (TPSA) is 52.0 Å². The molecule has 0 aliphatic heterocycles. The van der Waals surface area contributed by atoms with Crippen molar-refractivity contribution in [1.29, 1.82) is 0 Å². The third-order valence-corrected chi connectivity index (χ3v) is 2.84. The minimum atomic E-state index is -0.0846. The summed E-state index contributed by atoms with van der Waals surface area (Å²) in [7, 11) is 0. The van der Waals surface area contributed by atoms with Gasteiger partial charge < -0.3 is 10.3 Å². The van der Waals surface area contributed by atoms with Gasteiger partial charge in [-0.15, -0.1) is 0 Å². The molecular weight excluding hydrogens is 212 g/mol. The molecule has 3 heteroatoms. The molecule has 0 saturated carbocycles. The predicted octanol–water partition coefficient (Wildman–Crippen LogP) is 3.53. The Morgan fingerprint density at radius 1 is 1.18 bits per heavy atom. The number of nitrogens with two attached hydrogens (primary N) is 1. The minimum Gasteiger partial charge on any atom is -0.367 e. The highest BCUT2D eigenvalue weighted by molar-refractivity contribution is 5.78. The largest absolute Gasteiger partial charge is 0.367 e. The first kappa shape index (κ1) is 11.7. The van der Waals surface area contributed by atoms with E-state index >= 15 is 0 Å². The number of nitrogens with zero attached hydrogens (tertiary/aromatic N) is 1. The first-order chi connectivity index (χ1) is 7.91. The monoisotopic (exact) mass is 230 g/mol. The number of hydrogen-bond acceptors (Lipinski definition) is 3. The van der Waals surface area contributed by atoms with E-state index in [1.54, 1.807) is 0 Å². The fraction of sp³-hybridized carbons (Fsp3) is 0.357. The van der Waals surface area contributed by atoms with Crippen LogP contribution in [-0.4, -0.2) is 5.16 Å². The fourth-order valence-electron chi connectivity index (χ4n) is 1.93. The average molecular weight is 230 g/mol. The molecule has 2 rings (SSSR count). The van der Waals surface area contributed by atoms with Crippen LogP contribution in [0.15, 0.2) is 28.8 Å². The molecule has 1 heterocycles. The molecule has 90 valence electrons. The third-order valence-electron chi connectivity index (χ3n) is 2.84. The molecule has 0 atom stereocenters. The molecule has 0 bridgehead atoms.